The maximum atomic E-state index is 12.8. The molecule has 3 rings (SSSR count). The summed E-state index contributed by atoms with van der Waals surface area (Å²) in [5.74, 6) is 0.340. The lowest BCUT2D eigenvalue weighted by atomic mass is 10.1. The zero-order valence-electron chi connectivity index (χ0n) is 12.7. The predicted octanol–water partition coefficient (Wildman–Crippen LogP) is 5.23. The van der Waals surface area contributed by atoms with E-state index in [2.05, 4.69) is 10.1 Å². The summed E-state index contributed by atoms with van der Waals surface area (Å²) in [5.41, 5.74) is 1.61. The lowest BCUT2D eigenvalue weighted by Crippen LogP contribution is -2.04. The van der Waals surface area contributed by atoms with Gasteiger partial charge < -0.3 is 4.52 Å². The smallest absolute Gasteiger partial charge is 0.334 e. The molecular formula is C18H13F3N2O. The van der Waals surface area contributed by atoms with Crippen LogP contribution in [0.4, 0.5) is 13.2 Å². The van der Waals surface area contributed by atoms with Crippen LogP contribution < -0.4 is 0 Å². The van der Waals surface area contributed by atoms with Crippen molar-refractivity contribution in [3.8, 4) is 11.4 Å². The summed E-state index contributed by atoms with van der Waals surface area (Å²) in [4.78, 5) is 4.10. The van der Waals surface area contributed by atoms with Crippen LogP contribution in [0.2, 0.25) is 0 Å². The second kappa shape index (κ2) is 6.31. The molecule has 0 atom stereocenters. The van der Waals surface area contributed by atoms with Crippen molar-refractivity contribution in [2.45, 2.75) is 13.1 Å². The third kappa shape index (κ3) is 3.71. The molecule has 0 fully saturated rings. The van der Waals surface area contributed by atoms with E-state index in [-0.39, 0.29) is 17.3 Å². The summed E-state index contributed by atoms with van der Waals surface area (Å²) >= 11 is 0. The van der Waals surface area contributed by atoms with Gasteiger partial charge in [-0.2, -0.15) is 18.2 Å². The Bertz CT molecular complexity index is 864. The van der Waals surface area contributed by atoms with Crippen LogP contribution in [0, 0.1) is 6.92 Å². The van der Waals surface area contributed by atoms with Crippen LogP contribution in [0.1, 0.15) is 22.6 Å². The van der Waals surface area contributed by atoms with Gasteiger partial charge in [-0.15, -0.1) is 0 Å². The zero-order chi connectivity index (χ0) is 17.2. The average molecular weight is 330 g/mol. The van der Waals surface area contributed by atoms with Crippen molar-refractivity contribution in [3.63, 3.8) is 0 Å². The molecule has 0 bridgehead atoms. The molecule has 1 heterocycles. The number of nitrogens with zero attached hydrogens (tertiary/aromatic N) is 2. The number of rotatable bonds is 3. The fraction of sp³-hybridized carbons (Fsp3) is 0.111. The van der Waals surface area contributed by atoms with Gasteiger partial charge in [-0.1, -0.05) is 47.1 Å². The Balaban J connectivity index is 1.82. The second-order valence-electron chi connectivity index (χ2n) is 5.28. The molecule has 0 unspecified atom stereocenters. The topological polar surface area (TPSA) is 38.9 Å². The summed E-state index contributed by atoms with van der Waals surface area (Å²) in [7, 11) is 0. The number of aromatic nitrogens is 2. The minimum Gasteiger partial charge on any atom is -0.334 e. The van der Waals surface area contributed by atoms with E-state index < -0.39 is 11.7 Å². The van der Waals surface area contributed by atoms with Crippen LogP contribution in [0.15, 0.2) is 53.1 Å². The average Bonchev–Trinajstić information content (AvgIpc) is 3.03. The second-order valence-corrected chi connectivity index (χ2v) is 5.28. The van der Waals surface area contributed by atoms with Crippen LogP contribution in [0.3, 0.4) is 0 Å². The molecule has 1 aromatic heterocycles. The largest absolute Gasteiger partial charge is 0.416 e. The fourth-order valence-corrected chi connectivity index (χ4v) is 2.10. The maximum Gasteiger partial charge on any atom is 0.416 e. The molecule has 0 N–H and O–H groups in total. The van der Waals surface area contributed by atoms with Gasteiger partial charge in [0.05, 0.1) is 5.56 Å². The first-order valence-electron chi connectivity index (χ1n) is 7.18. The molecule has 0 amide bonds. The number of hydrogen-bond donors (Lipinski definition) is 0. The van der Waals surface area contributed by atoms with E-state index >= 15 is 0 Å². The number of alkyl halides is 3. The highest BCUT2D eigenvalue weighted by Crippen LogP contribution is 2.31. The van der Waals surface area contributed by atoms with Gasteiger partial charge in [-0.3, -0.25) is 0 Å². The first kappa shape index (κ1) is 16.0. The van der Waals surface area contributed by atoms with Crippen molar-refractivity contribution in [1.82, 2.24) is 10.1 Å². The van der Waals surface area contributed by atoms with Crippen LogP contribution in [-0.4, -0.2) is 10.1 Å². The van der Waals surface area contributed by atoms with Crippen LogP contribution >= 0.6 is 0 Å². The zero-order valence-corrected chi connectivity index (χ0v) is 12.7. The van der Waals surface area contributed by atoms with E-state index in [1.54, 1.807) is 12.2 Å². The number of halogens is 3. The Hall–Kier alpha value is -2.89. The predicted molar refractivity (Wildman–Crippen MR) is 84.8 cm³/mol. The summed E-state index contributed by atoms with van der Waals surface area (Å²) in [6.07, 6.45) is -0.994. The first-order valence-corrected chi connectivity index (χ1v) is 7.18. The van der Waals surface area contributed by atoms with Crippen molar-refractivity contribution in [1.29, 1.82) is 0 Å². The summed E-state index contributed by atoms with van der Waals surface area (Å²) in [5, 5.41) is 3.73. The van der Waals surface area contributed by atoms with Crippen molar-refractivity contribution < 1.29 is 17.7 Å². The van der Waals surface area contributed by atoms with Gasteiger partial charge in [0.2, 0.25) is 5.82 Å². The third-order valence-corrected chi connectivity index (χ3v) is 3.39. The minimum absolute atomic E-state index is 0.115. The highest BCUT2D eigenvalue weighted by atomic mass is 19.4. The normalized spacial score (nSPS) is 12.0. The quantitative estimate of drug-likeness (QED) is 0.660. The minimum atomic E-state index is -4.41. The van der Waals surface area contributed by atoms with Gasteiger partial charge in [0.1, 0.15) is 0 Å². The summed E-state index contributed by atoms with van der Waals surface area (Å²) in [6.45, 7) is 1.99. The lowest BCUT2D eigenvalue weighted by Gasteiger charge is -2.06. The Labute approximate surface area is 136 Å². The molecule has 24 heavy (non-hydrogen) atoms. The highest BCUT2D eigenvalue weighted by molar-refractivity contribution is 5.67. The van der Waals surface area contributed by atoms with Gasteiger partial charge in [-0.25, -0.2) is 0 Å². The molecule has 122 valence electrons. The fourth-order valence-electron chi connectivity index (χ4n) is 2.10. The Kier molecular flexibility index (Phi) is 4.20. The Morgan fingerprint density at radius 1 is 1.00 bits per heavy atom. The van der Waals surface area contributed by atoms with Gasteiger partial charge in [-0.05, 0) is 30.7 Å². The Morgan fingerprint density at radius 2 is 1.75 bits per heavy atom. The van der Waals surface area contributed by atoms with E-state index in [4.69, 9.17) is 4.52 Å². The van der Waals surface area contributed by atoms with Crippen molar-refractivity contribution in [3.05, 3.63) is 71.1 Å². The molecule has 0 aliphatic heterocycles. The molecule has 0 spiro atoms. The van der Waals surface area contributed by atoms with Gasteiger partial charge >= 0.3 is 6.18 Å². The van der Waals surface area contributed by atoms with Crippen LogP contribution in [0.25, 0.3) is 23.5 Å². The maximum absolute atomic E-state index is 12.8. The highest BCUT2D eigenvalue weighted by Gasteiger charge is 2.30. The SMILES string of the molecule is Cc1ccc(C=Cc2nc(-c3cccc(C(F)(F)F)c3)no2)cc1. The van der Waals surface area contributed by atoms with E-state index in [1.165, 1.54) is 12.1 Å². The molecule has 3 aromatic rings. The van der Waals surface area contributed by atoms with Gasteiger partial charge in [0.15, 0.2) is 0 Å². The van der Waals surface area contributed by atoms with Gasteiger partial charge in [0, 0.05) is 11.6 Å². The Morgan fingerprint density at radius 3 is 2.46 bits per heavy atom. The standard InChI is InChI=1S/C18H13F3N2O/c1-12-5-7-13(8-6-12)9-10-16-22-17(23-24-16)14-3-2-4-15(11-14)18(19,20)21/h2-11H,1H3. The number of benzene rings is 2. The van der Waals surface area contributed by atoms with E-state index in [0.29, 0.717) is 0 Å². The molecule has 0 saturated carbocycles. The van der Waals surface area contributed by atoms with Crippen molar-refractivity contribution in [2.24, 2.45) is 0 Å². The summed E-state index contributed by atoms with van der Waals surface area (Å²) in [6, 6.07) is 12.7. The van der Waals surface area contributed by atoms with Crippen molar-refractivity contribution in [2.75, 3.05) is 0 Å². The van der Waals surface area contributed by atoms with E-state index in [1.807, 2.05) is 31.2 Å². The lowest BCUT2D eigenvalue weighted by molar-refractivity contribution is -0.137. The molecule has 0 radical (unpaired) electrons. The summed E-state index contributed by atoms with van der Waals surface area (Å²) < 4.78 is 43.3. The molecule has 0 aliphatic carbocycles. The first-order chi connectivity index (χ1) is 11.4. The third-order valence-electron chi connectivity index (χ3n) is 3.39. The van der Waals surface area contributed by atoms with Crippen LogP contribution in [0.5, 0.6) is 0 Å². The monoisotopic (exact) mass is 330 g/mol. The molecular weight excluding hydrogens is 317 g/mol. The van der Waals surface area contributed by atoms with E-state index in [0.717, 1.165) is 23.3 Å². The molecule has 0 aliphatic rings. The number of hydrogen-bond acceptors (Lipinski definition) is 3. The molecule has 2 aromatic carbocycles. The van der Waals surface area contributed by atoms with Gasteiger partial charge in [0.25, 0.3) is 5.89 Å². The van der Waals surface area contributed by atoms with Crippen LogP contribution in [-0.2, 0) is 6.18 Å². The molecule has 0 saturated heterocycles. The molecule has 6 heteroatoms. The molecule has 3 nitrogen and oxygen atoms in total. The van der Waals surface area contributed by atoms with E-state index in [9.17, 15) is 13.2 Å². The van der Waals surface area contributed by atoms with Crippen molar-refractivity contribution >= 4 is 12.2 Å². The number of aryl methyl sites for hydroxylation is 1.